The van der Waals surface area contributed by atoms with Gasteiger partial charge in [-0.3, -0.25) is 0 Å². The second-order valence-corrected chi connectivity index (χ2v) is 6.78. The molecule has 0 saturated carbocycles. The van der Waals surface area contributed by atoms with E-state index in [9.17, 15) is 5.11 Å². The predicted octanol–water partition coefficient (Wildman–Crippen LogP) is 4.83. The van der Waals surface area contributed by atoms with Gasteiger partial charge in [-0.2, -0.15) is 0 Å². The average molecular weight is 270 g/mol. The van der Waals surface area contributed by atoms with Gasteiger partial charge in [-0.15, -0.1) is 6.61 Å². The molecule has 0 unspecified atom stereocenters. The number of hydrogen-bond acceptors (Lipinski definition) is 1. The molecule has 0 N–H and O–H groups in total. The van der Waals surface area contributed by atoms with Gasteiger partial charge in [0.15, 0.2) is 0 Å². The Morgan fingerprint density at radius 2 is 1.06 bits per heavy atom. The molecule has 0 aliphatic heterocycles. The summed E-state index contributed by atoms with van der Waals surface area (Å²) in [4.78, 5) is 0. The van der Waals surface area contributed by atoms with Crippen molar-refractivity contribution in [2.24, 2.45) is 0 Å². The van der Waals surface area contributed by atoms with Crippen molar-refractivity contribution < 1.29 is 5.11 Å². The fourth-order valence-electron chi connectivity index (χ4n) is 1.72. The molecule has 0 aromatic carbocycles. The molecule has 0 aromatic heterocycles. The molecule has 0 bridgehead atoms. The molecule has 1 nitrogen and oxygen atoms in total. The Kier molecular flexibility index (Phi) is 26.2. The van der Waals surface area contributed by atoms with Crippen molar-refractivity contribution in [3.05, 3.63) is 0 Å². The van der Waals surface area contributed by atoms with E-state index in [1.54, 1.807) is 10.6 Å². The molecule has 0 aliphatic rings. The van der Waals surface area contributed by atoms with Gasteiger partial charge in [0.25, 0.3) is 0 Å². The second-order valence-electron chi connectivity index (χ2n) is 5.05. The predicted molar refractivity (Wildman–Crippen MR) is 83.4 cm³/mol. The largest absolute Gasteiger partial charge is 0.854 e. The van der Waals surface area contributed by atoms with E-state index in [0.717, 1.165) is 28.1 Å². The van der Waals surface area contributed by atoms with E-state index in [2.05, 4.69) is 13.8 Å². The Hall–Kier alpha value is 0.492. The summed E-state index contributed by atoms with van der Waals surface area (Å²) in [5, 5.41) is 12.7. The first-order valence-corrected chi connectivity index (χ1v) is 9.86. The van der Waals surface area contributed by atoms with Crippen LogP contribution in [0.4, 0.5) is 0 Å². The van der Waals surface area contributed by atoms with Crippen LogP contribution in [-0.4, -0.2) is 21.8 Å². The van der Waals surface area contributed by atoms with E-state index in [-0.39, 0.29) is 6.61 Å². The fraction of sp³-hybridized carbons (Fsp3) is 1.00. The van der Waals surface area contributed by atoms with Crippen LogP contribution in [0.25, 0.3) is 0 Å². The molecule has 0 amide bonds. The Balaban J connectivity index is 0. The van der Waals surface area contributed by atoms with Gasteiger partial charge in [-0.05, 0) is 0 Å². The van der Waals surface area contributed by atoms with E-state index < -0.39 is 0 Å². The van der Waals surface area contributed by atoms with Crippen molar-refractivity contribution in [2.75, 3.05) is 6.61 Å². The first-order valence-electron chi connectivity index (χ1n) is 8.23. The monoisotopic (exact) mass is 270 g/mol. The minimum atomic E-state index is 0.0938. The number of hydrogen-bond donors (Lipinski definition) is 0. The fourth-order valence-corrected chi connectivity index (χ4v) is 3.16. The second kappa shape index (κ2) is 22.7. The third kappa shape index (κ3) is 25.4. The summed E-state index contributed by atoms with van der Waals surface area (Å²) in [5.74, 6) is 0. The number of unbranched alkanes of at least 4 members (excludes halogenated alkanes) is 7. The van der Waals surface area contributed by atoms with Crippen molar-refractivity contribution in [2.45, 2.75) is 95.5 Å². The molecular weight excluding hydrogens is 235 g/mol. The van der Waals surface area contributed by atoms with Crippen LogP contribution in [0.2, 0.25) is 10.6 Å². The van der Waals surface area contributed by atoms with Crippen molar-refractivity contribution in [3.63, 3.8) is 0 Å². The third-order valence-electron chi connectivity index (χ3n) is 3.02. The van der Waals surface area contributed by atoms with Gasteiger partial charge < -0.3 is 5.11 Å². The molecular formula is C16H35AlO. The Morgan fingerprint density at radius 1 is 0.611 bits per heavy atom. The first-order chi connectivity index (χ1) is 8.83. The van der Waals surface area contributed by atoms with Gasteiger partial charge in [-0.25, -0.2) is 0 Å². The summed E-state index contributed by atoms with van der Waals surface area (Å²) < 4.78 is 0. The van der Waals surface area contributed by atoms with Gasteiger partial charge in [-0.1, -0.05) is 19.8 Å². The van der Waals surface area contributed by atoms with Crippen LogP contribution in [0, 0.1) is 0 Å². The summed E-state index contributed by atoms with van der Waals surface area (Å²) in [7, 11) is 0. The molecule has 0 aliphatic carbocycles. The van der Waals surface area contributed by atoms with Gasteiger partial charge in [0.1, 0.15) is 0 Å². The van der Waals surface area contributed by atoms with Crippen molar-refractivity contribution in [1.29, 1.82) is 0 Å². The summed E-state index contributed by atoms with van der Waals surface area (Å²) in [6, 6.07) is 0. The summed E-state index contributed by atoms with van der Waals surface area (Å²) in [6.45, 7) is 6.68. The van der Waals surface area contributed by atoms with E-state index in [0.29, 0.717) is 0 Å². The quantitative estimate of drug-likeness (QED) is 0.368. The molecule has 0 atom stereocenters. The van der Waals surface area contributed by atoms with Crippen LogP contribution in [0.1, 0.15) is 85.0 Å². The van der Waals surface area contributed by atoms with Crippen LogP contribution in [0.3, 0.4) is 0 Å². The summed E-state index contributed by atoms with van der Waals surface area (Å²) in [6.07, 6.45) is 13.5. The average Bonchev–Trinajstić information content (AvgIpc) is 2.39. The molecule has 0 fully saturated rings. The van der Waals surface area contributed by atoms with Crippen molar-refractivity contribution in [3.8, 4) is 0 Å². The van der Waals surface area contributed by atoms with Gasteiger partial charge in [0.05, 0.1) is 0 Å². The molecule has 0 radical (unpaired) electrons. The molecule has 0 rings (SSSR count). The Labute approximate surface area is 122 Å². The van der Waals surface area contributed by atoms with Crippen LogP contribution in [0.15, 0.2) is 0 Å². The Morgan fingerprint density at radius 3 is 1.33 bits per heavy atom. The third-order valence-corrected chi connectivity index (χ3v) is 4.65. The number of rotatable bonds is 12. The maximum Gasteiger partial charge on any atom is -0.0575 e. The maximum atomic E-state index is 9.53. The zero-order valence-electron chi connectivity index (χ0n) is 13.2. The minimum Gasteiger partial charge on any atom is -0.854 e. The van der Waals surface area contributed by atoms with Gasteiger partial charge in [0, 0.05) is 0 Å². The van der Waals surface area contributed by atoms with Crippen molar-refractivity contribution in [1.82, 2.24) is 0 Å². The van der Waals surface area contributed by atoms with E-state index >= 15 is 0 Å². The molecule has 0 spiro atoms. The van der Waals surface area contributed by atoms with E-state index in [1.165, 1.54) is 51.4 Å². The van der Waals surface area contributed by atoms with E-state index in [4.69, 9.17) is 0 Å². The standard InChI is InChI=1S/2C6H13.C4H9O.Al/c2*1-3-5-6-4-2;1-2-3-4-5;/h2*1,3-6H2,2H3;2-4H2,1H3;/q;;-1;+1. The zero-order chi connectivity index (χ0) is 13.9. The van der Waals surface area contributed by atoms with Gasteiger partial charge in [0.2, 0.25) is 0 Å². The SMILES string of the molecule is CCCCC[CH2][Al+][CH2]CCCCC.CCCC[O-]. The molecule has 18 heavy (non-hydrogen) atoms. The Bertz CT molecular complexity index is 106. The topological polar surface area (TPSA) is 23.1 Å². The molecule has 0 heterocycles. The molecule has 108 valence electrons. The minimum absolute atomic E-state index is 0.0938. The first kappa shape index (κ1) is 20.8. The smallest absolute Gasteiger partial charge is 0.0575 e. The van der Waals surface area contributed by atoms with Gasteiger partial charge >= 0.3 is 91.0 Å². The van der Waals surface area contributed by atoms with Crippen LogP contribution < -0.4 is 5.11 Å². The summed E-state index contributed by atoms with van der Waals surface area (Å²) in [5.41, 5.74) is 0. The summed E-state index contributed by atoms with van der Waals surface area (Å²) >= 11 is 0.805. The molecule has 0 saturated heterocycles. The van der Waals surface area contributed by atoms with Crippen LogP contribution in [-0.2, 0) is 0 Å². The normalized spacial score (nSPS) is 9.56. The zero-order valence-corrected chi connectivity index (χ0v) is 14.3. The maximum absolute atomic E-state index is 9.53. The van der Waals surface area contributed by atoms with Crippen molar-refractivity contribution >= 4 is 15.2 Å². The molecule has 2 heteroatoms. The van der Waals surface area contributed by atoms with Crippen LogP contribution in [0.5, 0.6) is 0 Å². The molecule has 0 aromatic rings. The van der Waals surface area contributed by atoms with E-state index in [1.807, 2.05) is 6.92 Å². The van der Waals surface area contributed by atoms with Crippen LogP contribution >= 0.6 is 0 Å².